The van der Waals surface area contributed by atoms with Gasteiger partial charge in [0.1, 0.15) is 11.5 Å². The number of methoxy groups -OCH3 is 2. The van der Waals surface area contributed by atoms with Gasteiger partial charge in [-0.05, 0) is 48.9 Å². The van der Waals surface area contributed by atoms with E-state index in [0.29, 0.717) is 29.0 Å². The van der Waals surface area contributed by atoms with Crippen LogP contribution in [0, 0.1) is 0 Å². The molecule has 0 saturated carbocycles. The maximum atomic E-state index is 14.0. The van der Waals surface area contributed by atoms with E-state index in [4.69, 9.17) is 14.0 Å². The van der Waals surface area contributed by atoms with Crippen molar-refractivity contribution in [1.82, 2.24) is 0 Å². The van der Waals surface area contributed by atoms with Crippen molar-refractivity contribution >= 4 is 18.4 Å². The fourth-order valence-corrected chi connectivity index (χ4v) is 4.92. The van der Waals surface area contributed by atoms with E-state index in [1.54, 1.807) is 30.3 Å². The first-order valence-electron chi connectivity index (χ1n) is 9.29. The van der Waals surface area contributed by atoms with E-state index in [0.717, 1.165) is 18.5 Å². The molecule has 0 fully saturated rings. The van der Waals surface area contributed by atoms with Crippen LogP contribution in [-0.4, -0.2) is 40.0 Å². The summed E-state index contributed by atoms with van der Waals surface area (Å²) in [5, 5.41) is 11.6. The average molecular weight is 407 g/mol. The molecule has 0 unspecified atom stereocenters. The first-order chi connectivity index (χ1) is 13.4. The minimum absolute atomic E-state index is 0.298. The van der Waals surface area contributed by atoms with Crippen molar-refractivity contribution in [2.75, 3.05) is 39.8 Å². The summed E-state index contributed by atoms with van der Waals surface area (Å²) >= 11 is 0. The summed E-state index contributed by atoms with van der Waals surface area (Å²) in [6.07, 6.45) is 1.65. The van der Waals surface area contributed by atoms with E-state index < -0.39 is 13.2 Å². The molecule has 0 heterocycles. The van der Waals surface area contributed by atoms with Crippen LogP contribution in [-0.2, 0) is 9.09 Å². The van der Waals surface area contributed by atoms with Gasteiger partial charge >= 0.3 is 0 Å². The number of ether oxygens (including phenoxy) is 2. The zero-order chi connectivity index (χ0) is 20.7. The molecular formula is C21H30NO5P. The zero-order valence-electron chi connectivity index (χ0n) is 17.2. The molecule has 2 atom stereocenters. The third-order valence-corrected chi connectivity index (χ3v) is 7.05. The van der Waals surface area contributed by atoms with Crippen molar-refractivity contribution in [1.29, 1.82) is 0 Å². The Morgan fingerprint density at radius 3 is 2.29 bits per heavy atom. The molecule has 2 rings (SSSR count). The van der Waals surface area contributed by atoms with Crippen molar-refractivity contribution in [2.24, 2.45) is 0 Å². The summed E-state index contributed by atoms with van der Waals surface area (Å²) in [5.41, 5.74) is 1.34. The van der Waals surface area contributed by atoms with Gasteiger partial charge < -0.3 is 24.0 Å². The smallest absolute Gasteiger partial charge is 0.264 e. The Morgan fingerprint density at radius 2 is 1.75 bits per heavy atom. The van der Waals surface area contributed by atoms with Gasteiger partial charge in [0.15, 0.2) is 5.85 Å². The van der Waals surface area contributed by atoms with Gasteiger partial charge in [-0.3, -0.25) is 4.57 Å². The van der Waals surface area contributed by atoms with Crippen LogP contribution in [0.15, 0.2) is 42.5 Å². The second kappa shape index (κ2) is 9.97. The Balaban J connectivity index is 2.51. The largest absolute Gasteiger partial charge is 0.497 e. The summed E-state index contributed by atoms with van der Waals surface area (Å²) in [5.74, 6) is -0.407. The molecule has 0 radical (unpaired) electrons. The Labute approximate surface area is 167 Å². The molecule has 0 amide bonds. The number of aliphatic hydroxyl groups is 1. The Bertz CT molecular complexity index is 807. The number of rotatable bonds is 10. The topological polar surface area (TPSA) is 68.2 Å². The number of nitrogens with zero attached hydrogens (tertiary/aromatic N) is 1. The molecule has 2 aromatic carbocycles. The molecule has 2 aromatic rings. The molecule has 154 valence electrons. The lowest BCUT2D eigenvalue weighted by atomic mass is 10.2. The summed E-state index contributed by atoms with van der Waals surface area (Å²) in [6.45, 7) is 2.33. The van der Waals surface area contributed by atoms with Crippen molar-refractivity contribution in [3.63, 3.8) is 0 Å². The number of benzene rings is 2. The molecule has 1 N–H and O–H groups in total. The van der Waals surface area contributed by atoms with Crippen LogP contribution in [0.25, 0.3) is 0 Å². The Hall–Kier alpha value is -2.01. The standard InChI is InChI=1S/C21H30NO5P/c1-6-7-14-27-28(24,18-11-8-16(9-12-18)22(2)3)21(23)19-15-17(25-4)10-13-20(19)26-5/h8-13,15,21,23H,6-7,14H2,1-5H3/t21-,28+/m1/s1. The van der Waals surface area contributed by atoms with Crippen molar-refractivity contribution in [3.05, 3.63) is 48.0 Å². The van der Waals surface area contributed by atoms with Crippen LogP contribution >= 0.6 is 7.37 Å². The van der Waals surface area contributed by atoms with Crippen LogP contribution < -0.4 is 19.7 Å². The highest BCUT2D eigenvalue weighted by molar-refractivity contribution is 7.67. The molecular weight excluding hydrogens is 377 g/mol. The van der Waals surface area contributed by atoms with E-state index in [2.05, 4.69) is 0 Å². The Morgan fingerprint density at radius 1 is 1.07 bits per heavy atom. The summed E-state index contributed by atoms with van der Waals surface area (Å²) in [7, 11) is 3.28. The number of hydrogen-bond acceptors (Lipinski definition) is 6. The molecule has 6 nitrogen and oxygen atoms in total. The van der Waals surface area contributed by atoms with Crippen LogP contribution in [0.4, 0.5) is 5.69 Å². The van der Waals surface area contributed by atoms with Gasteiger partial charge in [0.05, 0.1) is 20.8 Å². The lowest BCUT2D eigenvalue weighted by molar-refractivity contribution is 0.208. The van der Waals surface area contributed by atoms with Crippen LogP contribution in [0.5, 0.6) is 11.5 Å². The molecule has 0 spiro atoms. The molecule has 0 aliphatic heterocycles. The van der Waals surface area contributed by atoms with Crippen molar-refractivity contribution < 1.29 is 23.7 Å². The van der Waals surface area contributed by atoms with E-state index in [1.165, 1.54) is 14.2 Å². The second-order valence-electron chi connectivity index (χ2n) is 6.68. The number of hydrogen-bond donors (Lipinski definition) is 1. The summed E-state index contributed by atoms with van der Waals surface area (Å²) in [6, 6.07) is 12.3. The normalized spacial score (nSPS) is 14.2. The monoisotopic (exact) mass is 407 g/mol. The lowest BCUT2D eigenvalue weighted by Crippen LogP contribution is -2.17. The van der Waals surface area contributed by atoms with E-state index in [1.807, 2.05) is 38.1 Å². The first-order valence-corrected chi connectivity index (χ1v) is 11.0. The van der Waals surface area contributed by atoms with Gasteiger partial charge in [-0.1, -0.05) is 13.3 Å². The lowest BCUT2D eigenvalue weighted by Gasteiger charge is -2.26. The number of aliphatic hydroxyl groups excluding tert-OH is 1. The molecule has 7 heteroatoms. The second-order valence-corrected chi connectivity index (χ2v) is 9.13. The maximum Gasteiger partial charge on any atom is 0.264 e. The van der Waals surface area contributed by atoms with E-state index in [-0.39, 0.29) is 0 Å². The van der Waals surface area contributed by atoms with Gasteiger partial charge in [-0.25, -0.2) is 0 Å². The third kappa shape index (κ3) is 4.88. The zero-order valence-corrected chi connectivity index (χ0v) is 18.1. The Kier molecular flexibility index (Phi) is 7.93. The van der Waals surface area contributed by atoms with Gasteiger partial charge in [0.25, 0.3) is 7.37 Å². The predicted octanol–water partition coefficient (Wildman–Crippen LogP) is 4.18. The fourth-order valence-electron chi connectivity index (χ4n) is 2.81. The molecule has 0 aromatic heterocycles. The predicted molar refractivity (Wildman–Crippen MR) is 113 cm³/mol. The van der Waals surface area contributed by atoms with Crippen LogP contribution in [0.1, 0.15) is 31.2 Å². The number of unbranched alkanes of at least 4 members (excludes halogenated alkanes) is 1. The van der Waals surface area contributed by atoms with Gasteiger partial charge in [0.2, 0.25) is 0 Å². The van der Waals surface area contributed by atoms with E-state index in [9.17, 15) is 9.67 Å². The molecule has 0 aliphatic rings. The fraction of sp³-hybridized carbons (Fsp3) is 0.429. The van der Waals surface area contributed by atoms with E-state index >= 15 is 0 Å². The van der Waals surface area contributed by atoms with Gasteiger partial charge in [-0.2, -0.15) is 0 Å². The summed E-state index contributed by atoms with van der Waals surface area (Å²) < 4.78 is 30.4. The van der Waals surface area contributed by atoms with Crippen molar-refractivity contribution in [3.8, 4) is 11.5 Å². The average Bonchev–Trinajstić information content (AvgIpc) is 2.72. The minimum Gasteiger partial charge on any atom is -0.497 e. The van der Waals surface area contributed by atoms with Crippen molar-refractivity contribution in [2.45, 2.75) is 25.6 Å². The number of anilines is 1. The molecule has 0 bridgehead atoms. The molecule has 28 heavy (non-hydrogen) atoms. The molecule has 0 aliphatic carbocycles. The highest BCUT2D eigenvalue weighted by atomic mass is 31.2. The summed E-state index contributed by atoms with van der Waals surface area (Å²) in [4.78, 5) is 1.95. The highest BCUT2D eigenvalue weighted by Gasteiger charge is 2.38. The quantitative estimate of drug-likeness (QED) is 0.471. The van der Waals surface area contributed by atoms with Crippen LogP contribution in [0.2, 0.25) is 0 Å². The third-order valence-electron chi connectivity index (χ3n) is 4.54. The highest BCUT2D eigenvalue weighted by Crippen LogP contribution is 2.59. The SMILES string of the molecule is CCCCO[P@@](=O)(c1ccc(N(C)C)cc1)[C@@H](O)c1cc(OC)ccc1OC. The van der Waals surface area contributed by atoms with Gasteiger partial charge in [-0.15, -0.1) is 0 Å². The molecule has 0 saturated heterocycles. The first kappa shape index (κ1) is 22.3. The van der Waals surface area contributed by atoms with Crippen LogP contribution in [0.3, 0.4) is 0 Å². The maximum absolute atomic E-state index is 14.0. The van der Waals surface area contributed by atoms with Gasteiger partial charge in [0, 0.05) is 30.7 Å². The minimum atomic E-state index is -3.63.